The smallest absolute Gasteiger partial charge is 0.358 e. The first-order valence-corrected chi connectivity index (χ1v) is 4.13. The SMILES string of the molecule is O=[N+]([O-])c1nonc1N=Nc1no[n+]([O-])c1[N+](=O)[O-]. The lowest BCUT2D eigenvalue weighted by Crippen LogP contribution is -2.25. The molecule has 15 heteroatoms. The van der Waals surface area contributed by atoms with Gasteiger partial charge < -0.3 is 25.4 Å². The van der Waals surface area contributed by atoms with E-state index in [2.05, 4.69) is 35.0 Å². The molecule has 0 bridgehead atoms. The first-order chi connectivity index (χ1) is 9.00. The first-order valence-electron chi connectivity index (χ1n) is 4.13. The summed E-state index contributed by atoms with van der Waals surface area (Å²) >= 11 is 0. The highest BCUT2D eigenvalue weighted by Gasteiger charge is 2.32. The van der Waals surface area contributed by atoms with Crippen molar-refractivity contribution in [3.05, 3.63) is 25.4 Å². The fourth-order valence-electron chi connectivity index (χ4n) is 0.900. The van der Waals surface area contributed by atoms with Crippen molar-refractivity contribution in [3.8, 4) is 0 Å². The van der Waals surface area contributed by atoms with Crippen molar-refractivity contribution < 1.29 is 24.0 Å². The van der Waals surface area contributed by atoms with E-state index in [1.165, 1.54) is 0 Å². The summed E-state index contributed by atoms with van der Waals surface area (Å²) < 4.78 is 7.97. The van der Waals surface area contributed by atoms with E-state index in [-0.39, 0.29) is 0 Å². The Labute approximate surface area is 99.5 Å². The van der Waals surface area contributed by atoms with Gasteiger partial charge in [0.15, 0.2) is 5.16 Å². The summed E-state index contributed by atoms with van der Waals surface area (Å²) in [4.78, 5) is 18.3. The summed E-state index contributed by atoms with van der Waals surface area (Å²) in [5.41, 5.74) is 0. The lowest BCUT2D eigenvalue weighted by molar-refractivity contribution is -0.825. The van der Waals surface area contributed by atoms with Crippen LogP contribution in [-0.4, -0.2) is 25.3 Å². The van der Waals surface area contributed by atoms with Gasteiger partial charge >= 0.3 is 23.3 Å². The van der Waals surface area contributed by atoms with Crippen LogP contribution in [0, 0.1) is 25.4 Å². The minimum Gasteiger partial charge on any atom is -0.358 e. The van der Waals surface area contributed by atoms with Crippen LogP contribution in [0.1, 0.15) is 0 Å². The number of hydrogen-bond acceptors (Lipinski definition) is 12. The highest BCUT2D eigenvalue weighted by molar-refractivity contribution is 5.44. The maximum absolute atomic E-state index is 10.8. The summed E-state index contributed by atoms with van der Waals surface area (Å²) in [7, 11) is 0. The summed E-state index contributed by atoms with van der Waals surface area (Å²) in [6.45, 7) is 0. The zero-order valence-corrected chi connectivity index (χ0v) is 8.44. The Morgan fingerprint density at radius 3 is 2.37 bits per heavy atom. The molecule has 0 unspecified atom stereocenters. The van der Waals surface area contributed by atoms with Crippen molar-refractivity contribution in [2.75, 3.05) is 0 Å². The molecule has 0 aliphatic rings. The molecule has 0 aromatic carbocycles. The first kappa shape index (κ1) is 12.0. The van der Waals surface area contributed by atoms with Crippen molar-refractivity contribution in [3.63, 3.8) is 0 Å². The molecule has 0 atom stereocenters. The number of aromatic nitrogens is 4. The van der Waals surface area contributed by atoms with Crippen molar-refractivity contribution in [2.24, 2.45) is 10.2 Å². The predicted molar refractivity (Wildman–Crippen MR) is 47.2 cm³/mol. The van der Waals surface area contributed by atoms with Gasteiger partial charge in [-0.2, -0.15) is 4.63 Å². The molecule has 0 aliphatic carbocycles. The number of nitrogens with zero attached hydrogens (tertiary/aromatic N) is 8. The molecule has 0 fully saturated rings. The Balaban J connectivity index is 2.36. The second-order valence-corrected chi connectivity index (χ2v) is 2.70. The lowest BCUT2D eigenvalue weighted by Gasteiger charge is -1.85. The minimum absolute atomic E-state index is 0.510. The van der Waals surface area contributed by atoms with Crippen LogP contribution < -0.4 is 4.90 Å². The molecule has 98 valence electrons. The Bertz CT molecular complexity index is 670. The largest absolute Gasteiger partial charge is 0.517 e. The monoisotopic (exact) mass is 272 g/mol. The van der Waals surface area contributed by atoms with Gasteiger partial charge in [0, 0.05) is 10.1 Å². The highest BCUT2D eigenvalue weighted by Crippen LogP contribution is 2.26. The zero-order valence-electron chi connectivity index (χ0n) is 8.44. The number of nitro groups is 2. The lowest BCUT2D eigenvalue weighted by atomic mass is 10.6. The summed E-state index contributed by atoms with van der Waals surface area (Å²) in [6.07, 6.45) is 0. The van der Waals surface area contributed by atoms with Crippen molar-refractivity contribution in [1.29, 1.82) is 0 Å². The molecular formula is C4N8O7. The van der Waals surface area contributed by atoms with Gasteiger partial charge in [-0.05, 0) is 4.92 Å². The molecule has 0 saturated carbocycles. The van der Waals surface area contributed by atoms with E-state index < -0.39 is 38.0 Å². The number of azo groups is 1. The fourth-order valence-corrected chi connectivity index (χ4v) is 0.900. The molecule has 19 heavy (non-hydrogen) atoms. The molecule has 2 heterocycles. The van der Waals surface area contributed by atoms with Crippen LogP contribution in [0.5, 0.6) is 0 Å². The topological polar surface area (TPSA) is 203 Å². The zero-order chi connectivity index (χ0) is 14.0. The van der Waals surface area contributed by atoms with Crippen LogP contribution in [0.3, 0.4) is 0 Å². The van der Waals surface area contributed by atoms with Gasteiger partial charge in [-0.25, -0.2) is 0 Å². The minimum atomic E-state index is -1.14. The normalized spacial score (nSPS) is 10.9. The van der Waals surface area contributed by atoms with E-state index >= 15 is 0 Å². The molecule has 2 aromatic rings. The number of hydrogen-bond donors (Lipinski definition) is 0. The summed E-state index contributed by atoms with van der Waals surface area (Å²) in [6, 6.07) is 0. The van der Waals surface area contributed by atoms with Gasteiger partial charge in [0.25, 0.3) is 0 Å². The van der Waals surface area contributed by atoms with Gasteiger partial charge in [-0.3, -0.25) is 0 Å². The van der Waals surface area contributed by atoms with Crippen molar-refractivity contribution in [1.82, 2.24) is 15.5 Å². The van der Waals surface area contributed by atoms with Crippen molar-refractivity contribution in [2.45, 2.75) is 0 Å². The highest BCUT2D eigenvalue weighted by atomic mass is 16.8. The molecule has 15 nitrogen and oxygen atoms in total. The van der Waals surface area contributed by atoms with Crippen LogP contribution >= 0.6 is 0 Å². The molecule has 0 saturated heterocycles. The van der Waals surface area contributed by atoms with Gasteiger partial charge in [0.2, 0.25) is 0 Å². The molecule has 0 aliphatic heterocycles. The quantitative estimate of drug-likeness (QED) is 0.313. The maximum Gasteiger partial charge on any atom is 0.517 e. The van der Waals surface area contributed by atoms with Gasteiger partial charge in [-0.15, -0.1) is 9.74 Å². The molecule has 2 rings (SSSR count). The van der Waals surface area contributed by atoms with E-state index in [1.54, 1.807) is 0 Å². The Kier molecular flexibility index (Phi) is 2.76. The van der Waals surface area contributed by atoms with Gasteiger partial charge in [-0.1, -0.05) is 5.11 Å². The third kappa shape index (κ3) is 2.14. The van der Waals surface area contributed by atoms with Crippen LogP contribution in [0.25, 0.3) is 0 Å². The second-order valence-electron chi connectivity index (χ2n) is 2.70. The van der Waals surface area contributed by atoms with Crippen LogP contribution in [0.4, 0.5) is 23.3 Å². The molecular weight excluding hydrogens is 272 g/mol. The molecule has 0 radical (unpaired) electrons. The molecule has 0 spiro atoms. The van der Waals surface area contributed by atoms with Crippen LogP contribution in [0.2, 0.25) is 0 Å². The average molecular weight is 272 g/mol. The Morgan fingerprint density at radius 1 is 1.05 bits per heavy atom. The maximum atomic E-state index is 10.8. The standard InChI is InChI=1S/C4N8O7/c13-10(14)3-1(7-18-9-3)5-6-2-4(11(15)16)12(17)19-8-2. The fraction of sp³-hybridized carbons (Fsp3) is 0. The average Bonchev–Trinajstić information content (AvgIpc) is 2.92. The molecule has 0 amide bonds. The van der Waals surface area contributed by atoms with E-state index in [1.807, 2.05) is 0 Å². The Hall–Kier alpha value is -3.52. The summed E-state index contributed by atoms with van der Waals surface area (Å²) in [5.74, 6) is -3.44. The van der Waals surface area contributed by atoms with E-state index in [0.29, 0.717) is 0 Å². The van der Waals surface area contributed by atoms with E-state index in [9.17, 15) is 25.4 Å². The van der Waals surface area contributed by atoms with Crippen LogP contribution in [-0.2, 0) is 0 Å². The third-order valence-corrected chi connectivity index (χ3v) is 1.61. The van der Waals surface area contributed by atoms with Crippen molar-refractivity contribution >= 4 is 23.3 Å². The van der Waals surface area contributed by atoms with E-state index in [0.717, 1.165) is 0 Å². The molecule has 2 aromatic heterocycles. The van der Waals surface area contributed by atoms with E-state index in [4.69, 9.17) is 0 Å². The number of rotatable bonds is 4. The Morgan fingerprint density at radius 2 is 1.74 bits per heavy atom. The molecule has 0 N–H and O–H groups in total. The summed E-state index contributed by atoms with van der Waals surface area (Å²) in [5, 5.41) is 46.8. The van der Waals surface area contributed by atoms with Gasteiger partial charge in [0.05, 0.1) is 4.90 Å². The van der Waals surface area contributed by atoms with Crippen LogP contribution in [0.15, 0.2) is 19.5 Å². The third-order valence-electron chi connectivity index (χ3n) is 1.61. The second kappa shape index (κ2) is 4.39. The van der Waals surface area contributed by atoms with Gasteiger partial charge in [0.1, 0.15) is 5.16 Å². The predicted octanol–water partition coefficient (Wildman–Crippen LogP) is -0.0772.